The van der Waals surface area contributed by atoms with Crippen LogP contribution in [-0.4, -0.2) is 21.5 Å². The van der Waals surface area contributed by atoms with E-state index in [1.54, 1.807) is 0 Å². The molecule has 0 saturated heterocycles. The minimum absolute atomic E-state index is 0.291. The molecule has 0 saturated carbocycles. The molecule has 0 unspecified atom stereocenters. The minimum Gasteiger partial charge on any atom is -0.354 e. The number of nitrogens with one attached hydrogen (secondary N) is 1. The van der Waals surface area contributed by atoms with Gasteiger partial charge in [-0.05, 0) is 6.42 Å². The van der Waals surface area contributed by atoms with E-state index in [1.807, 2.05) is 6.92 Å². The van der Waals surface area contributed by atoms with Crippen LogP contribution in [0.3, 0.4) is 0 Å². The topological polar surface area (TPSA) is 50.7 Å². The molecule has 0 spiro atoms. The molecule has 0 atom stereocenters. The third-order valence-electron chi connectivity index (χ3n) is 1.08. The SMILES string of the molecule is CCCNc1ncnc(F)n1. The third kappa shape index (κ3) is 2.45. The van der Waals surface area contributed by atoms with Gasteiger partial charge >= 0.3 is 6.08 Å². The molecule has 1 rings (SSSR count). The van der Waals surface area contributed by atoms with Crippen LogP contribution in [0.25, 0.3) is 0 Å². The lowest BCUT2D eigenvalue weighted by Crippen LogP contribution is -2.05. The van der Waals surface area contributed by atoms with Crippen molar-refractivity contribution in [2.24, 2.45) is 0 Å². The normalized spacial score (nSPS) is 9.64. The highest BCUT2D eigenvalue weighted by Crippen LogP contribution is 1.94. The molecule has 0 bridgehead atoms. The predicted octanol–water partition coefficient (Wildman–Crippen LogP) is 0.833. The molecular weight excluding hydrogens is 147 g/mol. The van der Waals surface area contributed by atoms with Gasteiger partial charge in [0.25, 0.3) is 0 Å². The van der Waals surface area contributed by atoms with Crippen molar-refractivity contribution in [3.63, 3.8) is 0 Å². The zero-order valence-electron chi connectivity index (χ0n) is 6.21. The fraction of sp³-hybridized carbons (Fsp3) is 0.500. The lowest BCUT2D eigenvalue weighted by Gasteiger charge is -1.99. The van der Waals surface area contributed by atoms with Crippen LogP contribution in [-0.2, 0) is 0 Å². The summed E-state index contributed by atoms with van der Waals surface area (Å²) in [7, 11) is 0. The van der Waals surface area contributed by atoms with Crippen molar-refractivity contribution in [2.45, 2.75) is 13.3 Å². The maximum Gasteiger partial charge on any atom is 0.313 e. The second-order valence-electron chi connectivity index (χ2n) is 2.00. The highest BCUT2D eigenvalue weighted by Gasteiger charge is 1.95. The van der Waals surface area contributed by atoms with Crippen LogP contribution in [0.2, 0.25) is 0 Å². The average Bonchev–Trinajstić information content (AvgIpc) is 2.01. The molecule has 5 heteroatoms. The van der Waals surface area contributed by atoms with Crippen molar-refractivity contribution in [3.05, 3.63) is 12.4 Å². The van der Waals surface area contributed by atoms with E-state index in [9.17, 15) is 4.39 Å². The molecule has 1 N–H and O–H groups in total. The molecule has 60 valence electrons. The smallest absolute Gasteiger partial charge is 0.313 e. The van der Waals surface area contributed by atoms with Crippen LogP contribution in [0, 0.1) is 6.08 Å². The van der Waals surface area contributed by atoms with Gasteiger partial charge in [-0.3, -0.25) is 0 Å². The van der Waals surface area contributed by atoms with Crippen molar-refractivity contribution in [1.82, 2.24) is 15.0 Å². The summed E-state index contributed by atoms with van der Waals surface area (Å²) in [5, 5.41) is 2.83. The van der Waals surface area contributed by atoms with E-state index in [4.69, 9.17) is 0 Å². The second-order valence-corrected chi connectivity index (χ2v) is 2.00. The summed E-state index contributed by atoms with van der Waals surface area (Å²) in [6.45, 7) is 2.74. The maximum absolute atomic E-state index is 12.3. The molecule has 0 aliphatic carbocycles. The fourth-order valence-electron chi connectivity index (χ4n) is 0.598. The molecule has 1 heterocycles. The van der Waals surface area contributed by atoms with Gasteiger partial charge in [-0.25, -0.2) is 4.98 Å². The van der Waals surface area contributed by atoms with Crippen molar-refractivity contribution >= 4 is 5.95 Å². The predicted molar refractivity (Wildman–Crippen MR) is 38.6 cm³/mol. The average molecular weight is 156 g/mol. The largest absolute Gasteiger partial charge is 0.354 e. The monoisotopic (exact) mass is 156 g/mol. The molecule has 0 aromatic carbocycles. The van der Waals surface area contributed by atoms with E-state index >= 15 is 0 Å². The molecule has 0 aliphatic heterocycles. The van der Waals surface area contributed by atoms with Gasteiger partial charge in [0.1, 0.15) is 6.33 Å². The molecular formula is C6H9FN4. The quantitative estimate of drug-likeness (QED) is 0.704. The van der Waals surface area contributed by atoms with Gasteiger partial charge in [0, 0.05) is 6.54 Å². The van der Waals surface area contributed by atoms with Gasteiger partial charge < -0.3 is 5.32 Å². The number of nitrogens with zero attached hydrogens (tertiary/aromatic N) is 3. The van der Waals surface area contributed by atoms with E-state index < -0.39 is 6.08 Å². The van der Waals surface area contributed by atoms with E-state index in [1.165, 1.54) is 0 Å². The van der Waals surface area contributed by atoms with Crippen LogP contribution in [0.5, 0.6) is 0 Å². The molecule has 0 fully saturated rings. The first-order chi connectivity index (χ1) is 5.33. The Bertz CT molecular complexity index is 228. The van der Waals surface area contributed by atoms with Gasteiger partial charge in [0.15, 0.2) is 0 Å². The number of hydrogen-bond acceptors (Lipinski definition) is 4. The molecule has 1 aromatic heterocycles. The third-order valence-corrected chi connectivity index (χ3v) is 1.08. The Morgan fingerprint density at radius 3 is 3.00 bits per heavy atom. The van der Waals surface area contributed by atoms with Crippen LogP contribution in [0.15, 0.2) is 6.33 Å². The van der Waals surface area contributed by atoms with Gasteiger partial charge in [-0.1, -0.05) is 6.92 Å². The van der Waals surface area contributed by atoms with Gasteiger partial charge in [0.2, 0.25) is 5.95 Å². The lowest BCUT2D eigenvalue weighted by molar-refractivity contribution is 0.534. The Labute approximate surface area is 63.9 Å². The standard InChI is InChI=1S/C6H9FN4/c1-2-3-8-6-10-4-9-5(7)11-6/h4H,2-3H2,1H3,(H,8,9,10,11). The number of anilines is 1. The number of hydrogen-bond donors (Lipinski definition) is 1. The van der Waals surface area contributed by atoms with Crippen molar-refractivity contribution < 1.29 is 4.39 Å². The molecule has 4 nitrogen and oxygen atoms in total. The Hall–Kier alpha value is -1.26. The first-order valence-corrected chi connectivity index (χ1v) is 3.41. The number of rotatable bonds is 3. The highest BCUT2D eigenvalue weighted by molar-refractivity contribution is 5.20. The fourth-order valence-corrected chi connectivity index (χ4v) is 0.598. The van der Waals surface area contributed by atoms with E-state index in [2.05, 4.69) is 20.3 Å². The Balaban J connectivity index is 2.56. The van der Waals surface area contributed by atoms with Gasteiger partial charge in [-0.15, -0.1) is 0 Å². The summed E-state index contributed by atoms with van der Waals surface area (Å²) in [5.41, 5.74) is 0. The molecule has 0 aliphatic rings. The van der Waals surface area contributed by atoms with Crippen LogP contribution < -0.4 is 5.32 Å². The lowest BCUT2D eigenvalue weighted by atomic mass is 10.5. The molecule has 11 heavy (non-hydrogen) atoms. The van der Waals surface area contributed by atoms with Crippen molar-refractivity contribution in [3.8, 4) is 0 Å². The molecule has 1 aromatic rings. The van der Waals surface area contributed by atoms with Crippen molar-refractivity contribution in [1.29, 1.82) is 0 Å². The number of aromatic nitrogens is 3. The zero-order valence-corrected chi connectivity index (χ0v) is 6.21. The first-order valence-electron chi connectivity index (χ1n) is 3.41. The molecule has 0 amide bonds. The summed E-state index contributed by atoms with van der Waals surface area (Å²) in [6.07, 6.45) is 1.34. The number of halogens is 1. The van der Waals surface area contributed by atoms with Crippen LogP contribution in [0.4, 0.5) is 10.3 Å². The highest BCUT2D eigenvalue weighted by atomic mass is 19.1. The van der Waals surface area contributed by atoms with E-state index in [0.29, 0.717) is 5.95 Å². The summed E-state index contributed by atoms with van der Waals surface area (Å²) >= 11 is 0. The summed E-state index contributed by atoms with van der Waals surface area (Å²) < 4.78 is 12.3. The Kier molecular flexibility index (Phi) is 2.71. The van der Waals surface area contributed by atoms with Gasteiger partial charge in [0.05, 0.1) is 0 Å². The minimum atomic E-state index is -0.751. The van der Waals surface area contributed by atoms with Crippen LogP contribution >= 0.6 is 0 Å². The van der Waals surface area contributed by atoms with Crippen LogP contribution in [0.1, 0.15) is 13.3 Å². The van der Waals surface area contributed by atoms with Gasteiger partial charge in [-0.2, -0.15) is 14.4 Å². The first kappa shape index (κ1) is 7.84. The summed E-state index contributed by atoms with van der Waals surface area (Å²) in [5.74, 6) is 0.291. The Morgan fingerprint density at radius 2 is 2.36 bits per heavy atom. The maximum atomic E-state index is 12.3. The molecule has 0 radical (unpaired) electrons. The zero-order chi connectivity index (χ0) is 8.10. The van der Waals surface area contributed by atoms with E-state index in [0.717, 1.165) is 19.3 Å². The summed E-state index contributed by atoms with van der Waals surface area (Å²) in [6, 6.07) is 0. The van der Waals surface area contributed by atoms with E-state index in [-0.39, 0.29) is 0 Å². The summed E-state index contributed by atoms with van der Waals surface area (Å²) in [4.78, 5) is 10.3. The Morgan fingerprint density at radius 1 is 1.55 bits per heavy atom. The van der Waals surface area contributed by atoms with Crippen molar-refractivity contribution in [2.75, 3.05) is 11.9 Å². The second kappa shape index (κ2) is 3.80.